The van der Waals surface area contributed by atoms with E-state index in [9.17, 15) is 8.42 Å². The average Bonchev–Trinajstić information content (AvgIpc) is 3.05. The van der Waals surface area contributed by atoms with Crippen molar-refractivity contribution in [3.8, 4) is 5.75 Å². The van der Waals surface area contributed by atoms with Gasteiger partial charge in [-0.05, 0) is 62.3 Å². The molecule has 0 bridgehead atoms. The van der Waals surface area contributed by atoms with Gasteiger partial charge in [-0.3, -0.25) is 4.90 Å². The molecule has 0 unspecified atom stereocenters. The smallest absolute Gasteiger partial charge is 0.210 e. The highest BCUT2D eigenvalue weighted by molar-refractivity contribution is 7.91. The highest BCUT2D eigenvalue weighted by Gasteiger charge is 2.25. The lowest BCUT2D eigenvalue weighted by molar-refractivity contribution is 0.284. The number of sulfone groups is 1. The van der Waals surface area contributed by atoms with Crippen LogP contribution in [0.2, 0.25) is 0 Å². The van der Waals surface area contributed by atoms with Gasteiger partial charge in [-0.15, -0.1) is 0 Å². The van der Waals surface area contributed by atoms with Gasteiger partial charge in [0.05, 0.1) is 18.3 Å². The van der Waals surface area contributed by atoms with E-state index in [-0.39, 0.29) is 9.79 Å². The number of hydrogen-bond acceptors (Lipinski definition) is 6. The lowest BCUT2D eigenvalue weighted by Gasteiger charge is -2.20. The molecule has 1 saturated heterocycles. The predicted molar refractivity (Wildman–Crippen MR) is 112 cm³/mol. The number of nitrogens with zero attached hydrogens (tertiary/aromatic N) is 1. The molecule has 1 aliphatic heterocycles. The van der Waals surface area contributed by atoms with Gasteiger partial charge in [0, 0.05) is 30.6 Å². The van der Waals surface area contributed by atoms with Crippen LogP contribution in [0, 0.1) is 6.92 Å². The summed E-state index contributed by atoms with van der Waals surface area (Å²) in [6.45, 7) is 6.35. The normalized spacial score (nSPS) is 16.1. The van der Waals surface area contributed by atoms with Crippen LogP contribution in [0.1, 0.15) is 17.5 Å². The molecule has 0 aliphatic carbocycles. The summed E-state index contributed by atoms with van der Waals surface area (Å²) < 4.78 is 38.0. The molecule has 0 amide bonds. The Morgan fingerprint density at radius 3 is 2.83 bits per heavy atom. The molecule has 6 nitrogen and oxygen atoms in total. The van der Waals surface area contributed by atoms with E-state index in [2.05, 4.69) is 10.2 Å². The fourth-order valence-corrected chi connectivity index (χ4v) is 5.41. The molecule has 1 aromatic heterocycles. The Hall–Kier alpha value is -2.35. The topological polar surface area (TPSA) is 71.8 Å². The highest BCUT2D eigenvalue weighted by Crippen LogP contribution is 2.33. The average molecular weight is 415 g/mol. The Balaban J connectivity index is 1.79. The maximum atomic E-state index is 13.5. The number of furan rings is 1. The van der Waals surface area contributed by atoms with E-state index < -0.39 is 9.84 Å². The number of rotatable bonds is 5. The molecule has 29 heavy (non-hydrogen) atoms. The van der Waals surface area contributed by atoms with E-state index in [0.29, 0.717) is 12.3 Å². The first-order valence-electron chi connectivity index (χ1n) is 9.82. The first kappa shape index (κ1) is 19.9. The molecule has 3 aromatic rings. The largest absolute Gasteiger partial charge is 0.495 e. The van der Waals surface area contributed by atoms with Gasteiger partial charge in [-0.25, -0.2) is 8.42 Å². The van der Waals surface area contributed by atoms with Gasteiger partial charge in [0.25, 0.3) is 0 Å². The van der Waals surface area contributed by atoms with Crippen LogP contribution in [-0.2, 0) is 16.4 Å². The third kappa shape index (κ3) is 4.03. The third-order valence-electron chi connectivity index (χ3n) is 5.35. The van der Waals surface area contributed by atoms with Gasteiger partial charge in [0.15, 0.2) is 0 Å². The minimum Gasteiger partial charge on any atom is -0.495 e. The molecular formula is C22H26N2O4S. The molecule has 0 spiro atoms. The fourth-order valence-electron chi connectivity index (χ4n) is 3.82. The standard InChI is InChI=1S/C22H26N2O4S/c1-16-4-5-20(27-2)21(12-16)29(25,26)19-13-17-6-11-28-22(17)18(14-19)15-24-9-3-7-23-8-10-24/h4-6,11-14,23H,3,7-10,15H2,1-2H3. The van der Waals surface area contributed by atoms with Crippen LogP contribution >= 0.6 is 0 Å². The van der Waals surface area contributed by atoms with Crippen molar-refractivity contribution in [3.05, 3.63) is 53.8 Å². The maximum absolute atomic E-state index is 13.5. The molecule has 154 valence electrons. The zero-order chi connectivity index (χ0) is 20.4. The summed E-state index contributed by atoms with van der Waals surface area (Å²) >= 11 is 0. The molecule has 1 fully saturated rings. The summed E-state index contributed by atoms with van der Waals surface area (Å²) in [7, 11) is -2.25. The van der Waals surface area contributed by atoms with Crippen LogP contribution in [0.25, 0.3) is 11.0 Å². The van der Waals surface area contributed by atoms with Gasteiger partial charge in [0.2, 0.25) is 9.84 Å². The molecule has 0 saturated carbocycles. The van der Waals surface area contributed by atoms with Gasteiger partial charge in [0.1, 0.15) is 16.2 Å². The number of hydrogen-bond donors (Lipinski definition) is 1. The second kappa shape index (κ2) is 8.18. The molecular weight excluding hydrogens is 388 g/mol. The van der Waals surface area contributed by atoms with Crippen LogP contribution in [0.4, 0.5) is 0 Å². The van der Waals surface area contributed by atoms with Crippen LogP contribution < -0.4 is 10.1 Å². The van der Waals surface area contributed by atoms with Crippen molar-refractivity contribution in [1.29, 1.82) is 0 Å². The minimum absolute atomic E-state index is 0.188. The zero-order valence-corrected chi connectivity index (χ0v) is 17.6. The van der Waals surface area contributed by atoms with E-state index >= 15 is 0 Å². The molecule has 1 N–H and O–H groups in total. The summed E-state index contributed by atoms with van der Waals surface area (Å²) in [5, 5.41) is 4.19. The van der Waals surface area contributed by atoms with E-state index in [1.54, 1.807) is 30.5 Å². The summed E-state index contributed by atoms with van der Waals surface area (Å²) in [6.07, 6.45) is 2.68. The Kier molecular flexibility index (Phi) is 5.63. The molecule has 2 heterocycles. The van der Waals surface area contributed by atoms with Crippen molar-refractivity contribution in [1.82, 2.24) is 10.2 Å². The van der Waals surface area contributed by atoms with Crippen LogP contribution in [0.3, 0.4) is 0 Å². The lowest BCUT2D eigenvalue weighted by Crippen LogP contribution is -2.27. The molecule has 0 radical (unpaired) electrons. The predicted octanol–water partition coefficient (Wildman–Crippen LogP) is 3.38. The van der Waals surface area contributed by atoms with Crippen LogP contribution in [0.15, 0.2) is 56.9 Å². The van der Waals surface area contributed by atoms with E-state index in [1.807, 2.05) is 19.1 Å². The quantitative estimate of drug-likeness (QED) is 0.690. The molecule has 2 aromatic carbocycles. The Morgan fingerprint density at radius 2 is 2.00 bits per heavy atom. The van der Waals surface area contributed by atoms with Gasteiger partial charge >= 0.3 is 0 Å². The monoisotopic (exact) mass is 414 g/mol. The second-order valence-electron chi connectivity index (χ2n) is 7.46. The SMILES string of the molecule is COc1ccc(C)cc1S(=O)(=O)c1cc(CN2CCCNCC2)c2occc2c1. The van der Waals surface area contributed by atoms with Crippen LogP contribution in [-0.4, -0.2) is 46.6 Å². The fraction of sp³-hybridized carbons (Fsp3) is 0.364. The molecule has 1 aliphatic rings. The molecule has 7 heteroatoms. The van der Waals surface area contributed by atoms with Gasteiger partial charge in [-0.1, -0.05) is 6.07 Å². The zero-order valence-electron chi connectivity index (χ0n) is 16.8. The summed E-state index contributed by atoms with van der Waals surface area (Å²) in [5.74, 6) is 0.350. The summed E-state index contributed by atoms with van der Waals surface area (Å²) in [5.41, 5.74) is 2.50. The molecule has 0 atom stereocenters. The Labute approximate surface area is 171 Å². The number of methoxy groups -OCH3 is 1. The molecule has 4 rings (SSSR count). The van der Waals surface area contributed by atoms with Crippen molar-refractivity contribution in [2.45, 2.75) is 29.7 Å². The second-order valence-corrected chi connectivity index (χ2v) is 9.38. The number of aryl methyl sites for hydroxylation is 1. The van der Waals surface area contributed by atoms with Crippen molar-refractivity contribution in [3.63, 3.8) is 0 Å². The van der Waals surface area contributed by atoms with Gasteiger partial charge in [-0.2, -0.15) is 0 Å². The lowest BCUT2D eigenvalue weighted by atomic mass is 10.1. The van der Waals surface area contributed by atoms with E-state index in [0.717, 1.165) is 54.7 Å². The first-order chi connectivity index (χ1) is 14.0. The maximum Gasteiger partial charge on any atom is 0.210 e. The summed E-state index contributed by atoms with van der Waals surface area (Å²) in [6, 6.07) is 10.5. The van der Waals surface area contributed by atoms with Crippen molar-refractivity contribution in [2.75, 3.05) is 33.3 Å². The highest BCUT2D eigenvalue weighted by atomic mass is 32.2. The van der Waals surface area contributed by atoms with Crippen molar-refractivity contribution < 1.29 is 17.6 Å². The van der Waals surface area contributed by atoms with Crippen molar-refractivity contribution >= 4 is 20.8 Å². The number of nitrogens with one attached hydrogen (secondary N) is 1. The first-order valence-corrected chi connectivity index (χ1v) is 11.3. The van der Waals surface area contributed by atoms with E-state index in [1.165, 1.54) is 7.11 Å². The van der Waals surface area contributed by atoms with Crippen molar-refractivity contribution in [2.24, 2.45) is 0 Å². The number of ether oxygens (including phenoxy) is 1. The number of fused-ring (bicyclic) bond motifs is 1. The summed E-state index contributed by atoms with van der Waals surface area (Å²) in [4.78, 5) is 2.78. The third-order valence-corrected chi connectivity index (χ3v) is 7.10. The Morgan fingerprint density at radius 1 is 1.14 bits per heavy atom. The van der Waals surface area contributed by atoms with Crippen LogP contribution in [0.5, 0.6) is 5.75 Å². The minimum atomic E-state index is -3.74. The Bertz CT molecular complexity index is 1110. The number of benzene rings is 2. The van der Waals surface area contributed by atoms with Gasteiger partial charge < -0.3 is 14.5 Å². The van der Waals surface area contributed by atoms with E-state index in [4.69, 9.17) is 9.15 Å².